The molecule has 4 N–H and O–H groups in total. The molecule has 2 amide bonds. The van der Waals surface area contributed by atoms with E-state index in [0.29, 0.717) is 13.1 Å². The first-order valence-electron chi connectivity index (χ1n) is 11.0. The van der Waals surface area contributed by atoms with Crippen LogP contribution in [0.15, 0.2) is 42.9 Å². The fourth-order valence-corrected chi connectivity index (χ4v) is 3.00. The lowest BCUT2D eigenvalue weighted by Crippen LogP contribution is -2.49. The molecule has 1 aliphatic rings. The van der Waals surface area contributed by atoms with E-state index < -0.39 is 18.6 Å². The average Bonchev–Trinajstić information content (AvgIpc) is 2.80. The van der Waals surface area contributed by atoms with Crippen LogP contribution >= 0.6 is 0 Å². The number of likely N-dealkylation sites (tertiary alicyclic amines) is 1. The number of nitrogens with two attached hydrogens (primary N) is 1. The van der Waals surface area contributed by atoms with Gasteiger partial charge in [-0.25, -0.2) is 20.1 Å². The number of aromatic nitrogens is 2. The monoisotopic (exact) mass is 505 g/mol. The molecule has 0 saturated carbocycles. The Morgan fingerprint density at radius 2 is 1.94 bits per heavy atom. The third kappa shape index (κ3) is 7.70. The van der Waals surface area contributed by atoms with Crippen molar-refractivity contribution in [1.29, 1.82) is 0 Å². The second-order valence-corrected chi connectivity index (χ2v) is 7.73. The Morgan fingerprint density at radius 3 is 2.56 bits per heavy atom. The summed E-state index contributed by atoms with van der Waals surface area (Å²) >= 11 is 0. The summed E-state index contributed by atoms with van der Waals surface area (Å²) in [5.74, 6) is -0.326. The van der Waals surface area contributed by atoms with Crippen LogP contribution in [0.4, 0.5) is 8.78 Å². The lowest BCUT2D eigenvalue weighted by Gasteiger charge is -2.30. The lowest BCUT2D eigenvalue weighted by molar-refractivity contribution is -0.142. The minimum absolute atomic E-state index is 0.0655. The maximum atomic E-state index is 12.7. The number of nitrogens with one attached hydrogen (secondary N) is 2. The molecule has 1 atom stereocenters. The van der Waals surface area contributed by atoms with E-state index in [0.717, 1.165) is 6.42 Å². The van der Waals surface area contributed by atoms with Gasteiger partial charge in [0.1, 0.15) is 23.3 Å². The fraction of sp³-hybridized carbons (Fsp3) is 0.348. The van der Waals surface area contributed by atoms with Crippen molar-refractivity contribution >= 4 is 17.6 Å². The molecule has 1 aromatic carbocycles. The van der Waals surface area contributed by atoms with Crippen LogP contribution in [0.3, 0.4) is 0 Å². The van der Waals surface area contributed by atoms with E-state index in [1.807, 2.05) is 0 Å². The molecular weight excluding hydrogens is 478 g/mol. The number of alkyl halides is 2. The van der Waals surface area contributed by atoms with Gasteiger partial charge < -0.3 is 24.4 Å². The van der Waals surface area contributed by atoms with Gasteiger partial charge in [0.2, 0.25) is 5.88 Å². The van der Waals surface area contributed by atoms with Crippen LogP contribution in [-0.2, 0) is 4.74 Å². The SMILES string of the molecule is CN/C=C\C(=[NH2+])NC(=O)c1cc(Oc2cnc(C(=O)N3CCC3)cn2)cc(O[C@@H](C)COC(F)F)c1. The molecule has 3 rings (SSSR count). The van der Waals surface area contributed by atoms with Gasteiger partial charge in [-0.1, -0.05) is 0 Å². The minimum Gasteiger partial charge on any atom is -0.488 e. The van der Waals surface area contributed by atoms with Gasteiger partial charge in [-0.15, -0.1) is 0 Å². The zero-order chi connectivity index (χ0) is 26.1. The predicted molar refractivity (Wildman–Crippen MR) is 124 cm³/mol. The Morgan fingerprint density at radius 1 is 1.19 bits per heavy atom. The number of hydrogen-bond donors (Lipinski definition) is 3. The predicted octanol–water partition coefficient (Wildman–Crippen LogP) is 0.742. The topological polar surface area (TPSA) is 140 Å². The van der Waals surface area contributed by atoms with Crippen LogP contribution in [-0.4, -0.2) is 72.0 Å². The minimum atomic E-state index is -2.94. The van der Waals surface area contributed by atoms with E-state index in [9.17, 15) is 18.4 Å². The van der Waals surface area contributed by atoms with Crippen molar-refractivity contribution in [3.63, 3.8) is 0 Å². The molecule has 13 heteroatoms. The average molecular weight is 506 g/mol. The smallest absolute Gasteiger partial charge is 0.345 e. The van der Waals surface area contributed by atoms with E-state index in [4.69, 9.17) is 14.9 Å². The molecule has 2 heterocycles. The number of rotatable bonds is 11. The van der Waals surface area contributed by atoms with Gasteiger partial charge in [-0.3, -0.25) is 10.2 Å². The summed E-state index contributed by atoms with van der Waals surface area (Å²) in [5.41, 5.74) is 0.301. The molecule has 1 aromatic heterocycles. The summed E-state index contributed by atoms with van der Waals surface area (Å²) in [6.45, 7) is -0.416. The number of benzene rings is 1. The summed E-state index contributed by atoms with van der Waals surface area (Å²) < 4.78 is 40.3. The van der Waals surface area contributed by atoms with Crippen molar-refractivity contribution in [2.24, 2.45) is 0 Å². The number of ether oxygens (including phenoxy) is 3. The Bertz CT molecular complexity index is 1110. The first kappa shape index (κ1) is 26.5. The molecule has 1 fully saturated rings. The van der Waals surface area contributed by atoms with Crippen LogP contribution in [0.1, 0.15) is 34.2 Å². The molecule has 2 aromatic rings. The van der Waals surface area contributed by atoms with Gasteiger partial charge >= 0.3 is 12.5 Å². The van der Waals surface area contributed by atoms with Crippen LogP contribution in [0.2, 0.25) is 0 Å². The first-order chi connectivity index (χ1) is 17.2. The van der Waals surface area contributed by atoms with Crippen LogP contribution in [0.25, 0.3) is 0 Å². The Hall–Kier alpha value is -4.13. The summed E-state index contributed by atoms with van der Waals surface area (Å²) in [7, 11) is 1.67. The van der Waals surface area contributed by atoms with Crippen molar-refractivity contribution in [1.82, 2.24) is 25.5 Å². The van der Waals surface area contributed by atoms with Gasteiger partial charge in [-0.05, 0) is 25.5 Å². The molecule has 0 radical (unpaired) electrons. The molecule has 0 aliphatic carbocycles. The van der Waals surface area contributed by atoms with E-state index in [-0.39, 0.29) is 47.0 Å². The molecule has 1 saturated heterocycles. The number of nitrogens with zero attached hydrogens (tertiary/aromatic N) is 3. The first-order valence-corrected chi connectivity index (χ1v) is 11.0. The maximum absolute atomic E-state index is 12.7. The Balaban J connectivity index is 1.78. The van der Waals surface area contributed by atoms with Crippen LogP contribution in [0.5, 0.6) is 17.4 Å². The maximum Gasteiger partial charge on any atom is 0.345 e. The fourth-order valence-electron chi connectivity index (χ4n) is 3.00. The standard InChI is InChI=1S/C23H26F2N6O5/c1-14(13-34-23(24)25)35-16-8-15(21(32)30-19(26)4-5-27-2)9-17(10-16)36-20-12-28-18(11-29-20)22(33)31-6-3-7-31/h4-5,8-12,14,23,27H,3,6-7,13H2,1-2H3,(H2,26,30,32)/p+1/b5-4-/t14-/m0/s1. The zero-order valence-electron chi connectivity index (χ0n) is 19.7. The number of amidine groups is 1. The molecule has 0 spiro atoms. The lowest BCUT2D eigenvalue weighted by atomic mass is 10.2. The quantitative estimate of drug-likeness (QED) is 0.300. The number of carbonyl (C=O) groups excluding carboxylic acids is 2. The number of halogens is 2. The van der Waals surface area contributed by atoms with Crippen molar-refractivity contribution < 1.29 is 38.0 Å². The van der Waals surface area contributed by atoms with E-state index >= 15 is 0 Å². The number of carbonyl (C=O) groups is 2. The van der Waals surface area contributed by atoms with Gasteiger partial charge in [0, 0.05) is 38.5 Å². The summed E-state index contributed by atoms with van der Waals surface area (Å²) in [5, 5.41) is 11.0. The molecule has 0 unspecified atom stereocenters. The van der Waals surface area contributed by atoms with Crippen molar-refractivity contribution in [3.05, 3.63) is 54.1 Å². The van der Waals surface area contributed by atoms with E-state index in [1.54, 1.807) is 11.9 Å². The van der Waals surface area contributed by atoms with E-state index in [1.165, 1.54) is 49.8 Å². The summed E-state index contributed by atoms with van der Waals surface area (Å²) in [6, 6.07) is 4.26. The third-order valence-corrected chi connectivity index (χ3v) is 4.84. The molecule has 36 heavy (non-hydrogen) atoms. The van der Waals surface area contributed by atoms with Gasteiger partial charge in [0.15, 0.2) is 0 Å². The van der Waals surface area contributed by atoms with E-state index in [2.05, 4.69) is 25.3 Å². The third-order valence-electron chi connectivity index (χ3n) is 4.84. The normalized spacial score (nSPS) is 13.8. The van der Waals surface area contributed by atoms with Gasteiger partial charge in [0.25, 0.3) is 11.7 Å². The second kappa shape index (κ2) is 12.5. The van der Waals surface area contributed by atoms with Crippen molar-refractivity contribution in [2.45, 2.75) is 26.1 Å². The second-order valence-electron chi connectivity index (χ2n) is 7.73. The molecule has 11 nitrogen and oxygen atoms in total. The highest BCUT2D eigenvalue weighted by atomic mass is 19.3. The molecule has 0 bridgehead atoms. The number of amides is 2. The Kier molecular flexibility index (Phi) is 9.22. The highest BCUT2D eigenvalue weighted by Crippen LogP contribution is 2.27. The van der Waals surface area contributed by atoms with Crippen molar-refractivity contribution in [2.75, 3.05) is 26.7 Å². The van der Waals surface area contributed by atoms with Crippen LogP contribution < -0.4 is 25.5 Å². The number of hydrogen-bond acceptors (Lipinski definition) is 8. The highest BCUT2D eigenvalue weighted by Gasteiger charge is 2.23. The van der Waals surface area contributed by atoms with Gasteiger partial charge in [0.05, 0.1) is 24.6 Å². The van der Waals surface area contributed by atoms with Gasteiger partial charge in [-0.2, -0.15) is 8.78 Å². The largest absolute Gasteiger partial charge is 0.488 e. The summed E-state index contributed by atoms with van der Waals surface area (Å²) in [4.78, 5) is 34.9. The van der Waals surface area contributed by atoms with Crippen molar-refractivity contribution in [3.8, 4) is 17.4 Å². The van der Waals surface area contributed by atoms with Crippen LogP contribution in [0, 0.1) is 0 Å². The summed E-state index contributed by atoms with van der Waals surface area (Å²) in [6.07, 6.45) is 5.77. The zero-order valence-corrected chi connectivity index (χ0v) is 19.7. The Labute approximate surface area is 206 Å². The molecule has 1 aliphatic heterocycles. The highest BCUT2D eigenvalue weighted by molar-refractivity contribution is 6.08. The molecule has 192 valence electrons. The molecular formula is C23H27F2N6O5+.